The van der Waals surface area contributed by atoms with Crippen LogP contribution in [0.3, 0.4) is 0 Å². The van der Waals surface area contributed by atoms with E-state index >= 15 is 0 Å². The molecule has 0 amide bonds. The van der Waals surface area contributed by atoms with Gasteiger partial charge in [-0.15, -0.1) is 0 Å². The molecule has 0 fully saturated rings. The predicted octanol–water partition coefficient (Wildman–Crippen LogP) is -0.0190. The van der Waals surface area contributed by atoms with Crippen molar-refractivity contribution in [2.75, 3.05) is 7.11 Å². The Labute approximate surface area is 133 Å². The van der Waals surface area contributed by atoms with Gasteiger partial charge in [-0.2, -0.15) is 0 Å². The summed E-state index contributed by atoms with van der Waals surface area (Å²) in [7, 11) is 1.29. The molecule has 0 aliphatic rings. The zero-order valence-electron chi connectivity index (χ0n) is 5.06. The maximum atomic E-state index is 9.48. The maximum Gasteiger partial charge on any atom is 0.164 e. The van der Waals surface area contributed by atoms with Gasteiger partial charge in [-0.25, -0.2) is 0 Å². The minimum atomic E-state index is -0.495. The molecule has 0 aromatic rings. The fourth-order valence-corrected chi connectivity index (χ4v) is 0. The quantitative estimate of drug-likeness (QED) is 0.253. The van der Waals surface area contributed by atoms with Crippen LogP contribution >= 0.6 is 0 Å². The van der Waals surface area contributed by atoms with E-state index in [0.717, 1.165) is 0 Å². The second-order valence-corrected chi connectivity index (χ2v) is 0.576. The summed E-state index contributed by atoms with van der Waals surface area (Å²) in [5.41, 5.74) is 0. The maximum absolute atomic E-state index is 9.48. The number of ether oxygens (including phenoxy) is 1. The van der Waals surface area contributed by atoms with E-state index in [1.54, 1.807) is 0 Å². The summed E-state index contributed by atoms with van der Waals surface area (Å²) in [6.07, 6.45) is 0. The Balaban J connectivity index is -0.00000000800. The summed E-state index contributed by atoms with van der Waals surface area (Å²) in [6, 6.07) is 0. The van der Waals surface area contributed by atoms with Crippen molar-refractivity contribution < 1.29 is 115 Å². The molecule has 10 heavy (non-hydrogen) atoms. The Morgan fingerprint density at radius 3 is 1.20 bits per heavy atom. The first-order chi connectivity index (χ1) is 2.27. The molecule has 0 aliphatic carbocycles. The van der Waals surface area contributed by atoms with Crippen LogP contribution in [-0.2, 0) is 115 Å². The first-order valence-corrected chi connectivity index (χ1v) is 1.17. The number of hydrogen-bond donors (Lipinski definition) is 0. The van der Waals surface area contributed by atoms with Gasteiger partial charge in [0.1, 0.15) is 0 Å². The van der Waals surface area contributed by atoms with Crippen molar-refractivity contribution in [1.29, 1.82) is 0 Å². The minimum Gasteiger partial charge on any atom is -0.492 e. The molecule has 0 aliphatic heterocycles. The Morgan fingerprint density at radius 2 is 1.20 bits per heavy atom. The first kappa shape index (κ1) is 38.6. The van der Waals surface area contributed by atoms with Gasteiger partial charge in [0.15, 0.2) is 5.97 Å². The van der Waals surface area contributed by atoms with Crippen LogP contribution in [0.5, 0.6) is 0 Å². The van der Waals surface area contributed by atoms with Gasteiger partial charge in [0.2, 0.25) is 0 Å². The van der Waals surface area contributed by atoms with Crippen molar-refractivity contribution in [3.05, 3.63) is 6.92 Å². The number of carbonyl (C=O) groups is 1. The first-order valence-electron chi connectivity index (χ1n) is 1.17. The van der Waals surface area contributed by atoms with E-state index in [1.165, 1.54) is 7.11 Å². The van der Waals surface area contributed by atoms with Gasteiger partial charge in [-0.1, -0.05) is 0 Å². The number of rotatable bonds is 0. The van der Waals surface area contributed by atoms with Crippen LogP contribution < -0.4 is 0 Å². The van der Waals surface area contributed by atoms with Crippen LogP contribution in [-0.4, -0.2) is 13.1 Å². The van der Waals surface area contributed by atoms with Crippen LogP contribution in [0.1, 0.15) is 0 Å². The van der Waals surface area contributed by atoms with E-state index < -0.39 is 5.97 Å². The van der Waals surface area contributed by atoms with Gasteiger partial charge in [0, 0.05) is 105 Å². The van der Waals surface area contributed by atoms with E-state index in [9.17, 15) is 4.79 Å². The van der Waals surface area contributed by atoms with Gasteiger partial charge in [-0.3, -0.25) is 11.7 Å². The molecule has 0 aromatic carbocycles. The van der Waals surface area contributed by atoms with Crippen LogP contribution in [0.2, 0.25) is 0 Å². The monoisotopic (exact) mass is 993 g/mol. The van der Waals surface area contributed by atoms with E-state index in [-0.39, 0.29) is 105 Å². The van der Waals surface area contributed by atoms with Crippen molar-refractivity contribution in [3.8, 4) is 0 Å². The van der Waals surface area contributed by atoms with Crippen molar-refractivity contribution in [2.45, 2.75) is 0 Å². The molecule has 2 nitrogen and oxygen atoms in total. The fourth-order valence-electron chi connectivity index (χ4n) is 0. The summed E-state index contributed by atoms with van der Waals surface area (Å²) >= 11 is 0. The average Bonchev–Trinajstić information content (AvgIpc) is 1.38. The summed E-state index contributed by atoms with van der Waals surface area (Å²) in [4.78, 5) is 9.48. The number of methoxy groups -OCH3 is 1. The Hall–Kier alpha value is 2.78. The molecule has 0 unspecified atom stereocenters. The third-order valence-electron chi connectivity index (χ3n) is 0.228. The molecule has 7 heteroatoms. The molecule has 60 valence electrons. The van der Waals surface area contributed by atoms with Gasteiger partial charge in [0.05, 0.1) is 7.11 Å². The summed E-state index contributed by atoms with van der Waals surface area (Å²) in [5, 5.41) is 0. The molecule has 0 heterocycles. The summed E-state index contributed by atoms with van der Waals surface area (Å²) in [6.45, 7) is 2.90. The molecule has 0 saturated carbocycles. The predicted molar refractivity (Wildman–Crippen MR) is 17.4 cm³/mol. The summed E-state index contributed by atoms with van der Waals surface area (Å²) < 4.78 is 4.00. The molecular formula is C3H5O2W5-. The fraction of sp³-hybridized carbons (Fsp3) is 0.333. The minimum absolute atomic E-state index is 0. The Bertz CT molecular complexity index is 50.2. The van der Waals surface area contributed by atoms with Crippen molar-refractivity contribution in [2.24, 2.45) is 0 Å². The smallest absolute Gasteiger partial charge is 0.164 e. The second-order valence-electron chi connectivity index (χ2n) is 0.576. The normalized spacial score (nSPS) is 3.30. The van der Waals surface area contributed by atoms with Crippen LogP contribution in [0.15, 0.2) is 0 Å². The molecule has 0 spiro atoms. The zero-order chi connectivity index (χ0) is 4.28. The van der Waals surface area contributed by atoms with E-state index in [4.69, 9.17) is 0 Å². The van der Waals surface area contributed by atoms with E-state index in [1.807, 2.05) is 0 Å². The number of esters is 1. The van der Waals surface area contributed by atoms with Crippen molar-refractivity contribution in [3.63, 3.8) is 0 Å². The molecule has 0 atom stereocenters. The molecule has 0 rings (SSSR count). The summed E-state index contributed by atoms with van der Waals surface area (Å²) in [5.74, 6) is -0.495. The standard InChI is InChI=1S/C3H5O2.5W/c1-3(4)5-2;;;;;/h1H2,2H3;;;;;/q-1;;;;;. The molecular weight excluding hydrogens is 987 g/mol. The molecule has 0 aromatic heterocycles. The Morgan fingerprint density at radius 1 is 1.10 bits per heavy atom. The number of hydrogen-bond acceptors (Lipinski definition) is 2. The third-order valence-corrected chi connectivity index (χ3v) is 0.228. The SMILES string of the molecule is [CH2-]C(=O)OC.[W].[W].[W].[W].[W]. The van der Waals surface area contributed by atoms with Gasteiger partial charge < -0.3 is 4.74 Å². The van der Waals surface area contributed by atoms with Crippen LogP contribution in [0.4, 0.5) is 0 Å². The van der Waals surface area contributed by atoms with Gasteiger partial charge in [0.25, 0.3) is 0 Å². The third kappa shape index (κ3) is 45.1. The zero-order valence-corrected chi connectivity index (χ0v) is 19.7. The molecule has 0 bridgehead atoms. The Kier molecular flexibility index (Phi) is 115. The molecule has 0 radical (unpaired) electrons. The topological polar surface area (TPSA) is 26.3 Å². The van der Waals surface area contributed by atoms with E-state index in [2.05, 4.69) is 11.7 Å². The van der Waals surface area contributed by atoms with Crippen LogP contribution in [0.25, 0.3) is 0 Å². The van der Waals surface area contributed by atoms with Crippen LogP contribution in [0, 0.1) is 6.92 Å². The van der Waals surface area contributed by atoms with Crippen molar-refractivity contribution >= 4 is 5.97 Å². The van der Waals surface area contributed by atoms with Gasteiger partial charge in [-0.05, 0) is 0 Å². The average molecular weight is 992 g/mol. The largest absolute Gasteiger partial charge is 0.492 e. The second kappa shape index (κ2) is 29.8. The molecule has 0 saturated heterocycles. The van der Waals surface area contributed by atoms with E-state index in [0.29, 0.717) is 0 Å². The molecule has 0 N–H and O–H groups in total. The number of carbonyl (C=O) groups excluding carboxylic acids is 1. The van der Waals surface area contributed by atoms with Crippen molar-refractivity contribution in [1.82, 2.24) is 0 Å². The van der Waals surface area contributed by atoms with Gasteiger partial charge >= 0.3 is 0 Å².